The molecule has 2 atom stereocenters. The van der Waals surface area contributed by atoms with Crippen LogP contribution in [0.3, 0.4) is 0 Å². The number of nitrogens with zero attached hydrogens (tertiary/aromatic N) is 2. The Kier molecular flexibility index (Phi) is 4.67. The maximum atomic E-state index is 13.5. The van der Waals surface area contributed by atoms with E-state index in [-0.39, 0.29) is 5.91 Å². The van der Waals surface area contributed by atoms with Crippen molar-refractivity contribution in [1.82, 2.24) is 15.1 Å². The van der Waals surface area contributed by atoms with Crippen molar-refractivity contribution in [2.75, 3.05) is 0 Å². The molecular formula is C25H30ClN3O. The zero-order valence-corrected chi connectivity index (χ0v) is 18.2. The van der Waals surface area contributed by atoms with E-state index < -0.39 is 0 Å². The molecule has 3 fully saturated rings. The van der Waals surface area contributed by atoms with E-state index in [0.29, 0.717) is 28.6 Å². The van der Waals surface area contributed by atoms with Crippen LogP contribution in [0.15, 0.2) is 24.3 Å². The van der Waals surface area contributed by atoms with Gasteiger partial charge in [0.05, 0.1) is 16.4 Å². The van der Waals surface area contributed by atoms with E-state index in [0.717, 1.165) is 30.4 Å². The zero-order chi connectivity index (χ0) is 20.2. The zero-order valence-electron chi connectivity index (χ0n) is 17.4. The van der Waals surface area contributed by atoms with E-state index in [1.807, 2.05) is 28.9 Å². The first kappa shape index (κ1) is 18.9. The summed E-state index contributed by atoms with van der Waals surface area (Å²) in [5.41, 5.74) is 4.12. The molecule has 0 saturated heterocycles. The van der Waals surface area contributed by atoms with Crippen molar-refractivity contribution in [3.8, 4) is 5.69 Å². The minimum absolute atomic E-state index is 0.0326. The third-order valence-electron chi connectivity index (χ3n) is 8.13. The largest absolute Gasteiger partial charge is 0.348 e. The maximum absolute atomic E-state index is 13.5. The molecule has 4 nitrogen and oxygen atoms in total. The van der Waals surface area contributed by atoms with Gasteiger partial charge < -0.3 is 5.32 Å². The molecule has 3 saturated carbocycles. The molecule has 1 aromatic heterocycles. The van der Waals surface area contributed by atoms with Gasteiger partial charge in [0.2, 0.25) is 0 Å². The molecule has 5 aliphatic rings. The molecule has 7 rings (SSSR count). The summed E-state index contributed by atoms with van der Waals surface area (Å²) in [6.45, 7) is 0. The number of amides is 1. The number of nitrogens with one attached hydrogen (secondary N) is 1. The van der Waals surface area contributed by atoms with Crippen LogP contribution in [-0.2, 0) is 0 Å². The second kappa shape index (κ2) is 7.40. The fourth-order valence-corrected chi connectivity index (χ4v) is 7.24. The standard InChI is InChI=1S/C25H30ClN3O/c26-20-8-4-5-9-21(20)29-24-18-13-15-10-16(14-18)12-17(11-15)22(24)23(28-29)25(30)27-19-6-2-1-3-7-19/h4-5,8-9,15-19H,1-3,6-7,10-14H2,(H,27,30). The van der Waals surface area contributed by atoms with Gasteiger partial charge in [-0.1, -0.05) is 43.0 Å². The van der Waals surface area contributed by atoms with Crippen LogP contribution < -0.4 is 5.32 Å². The molecule has 5 aliphatic carbocycles. The summed E-state index contributed by atoms with van der Waals surface area (Å²) in [6, 6.07) is 8.22. The Bertz CT molecular complexity index is 963. The molecule has 0 radical (unpaired) electrons. The Morgan fingerprint density at radius 2 is 1.67 bits per heavy atom. The normalized spacial score (nSPS) is 30.2. The molecule has 2 aromatic rings. The molecule has 2 unspecified atom stereocenters. The van der Waals surface area contributed by atoms with Crippen LogP contribution >= 0.6 is 11.6 Å². The van der Waals surface area contributed by atoms with Gasteiger partial charge in [-0.15, -0.1) is 0 Å². The molecule has 0 spiro atoms. The summed E-state index contributed by atoms with van der Waals surface area (Å²) in [5, 5.41) is 9.01. The van der Waals surface area contributed by atoms with Crippen LogP contribution in [0.4, 0.5) is 0 Å². The van der Waals surface area contributed by atoms with Crippen LogP contribution in [0.1, 0.15) is 97.8 Å². The Hall–Kier alpha value is -1.81. The van der Waals surface area contributed by atoms with Gasteiger partial charge in [0, 0.05) is 17.5 Å². The number of hydrogen-bond donors (Lipinski definition) is 1. The fourth-order valence-electron chi connectivity index (χ4n) is 7.02. The SMILES string of the molecule is O=C(NC1CCCCC1)c1nn(-c2ccccc2Cl)c2c1C1CC3CC(C1)CC2C3. The lowest BCUT2D eigenvalue weighted by Gasteiger charge is -2.38. The van der Waals surface area contributed by atoms with E-state index in [4.69, 9.17) is 16.7 Å². The highest BCUT2D eigenvalue weighted by Gasteiger charge is 2.46. The predicted octanol–water partition coefficient (Wildman–Crippen LogP) is 5.98. The van der Waals surface area contributed by atoms with E-state index in [1.165, 1.54) is 62.6 Å². The second-order valence-corrected chi connectivity index (χ2v) is 10.5. The summed E-state index contributed by atoms with van der Waals surface area (Å²) in [7, 11) is 0. The van der Waals surface area contributed by atoms with Crippen molar-refractivity contribution in [2.45, 2.75) is 82.1 Å². The Morgan fingerprint density at radius 1 is 0.967 bits per heavy atom. The Labute approximate surface area is 183 Å². The molecule has 1 aromatic carbocycles. The van der Waals surface area contributed by atoms with E-state index >= 15 is 0 Å². The smallest absolute Gasteiger partial charge is 0.272 e. The summed E-state index contributed by atoms with van der Waals surface area (Å²) in [5.74, 6) is 2.60. The highest BCUT2D eigenvalue weighted by Crippen LogP contribution is 2.57. The van der Waals surface area contributed by atoms with Crippen molar-refractivity contribution >= 4 is 17.5 Å². The number of benzene rings is 1. The first-order chi connectivity index (χ1) is 14.7. The number of carbonyl (C=O) groups is 1. The lowest BCUT2D eigenvalue weighted by atomic mass is 9.67. The van der Waals surface area contributed by atoms with Crippen molar-refractivity contribution in [3.63, 3.8) is 0 Å². The third-order valence-corrected chi connectivity index (χ3v) is 8.45. The monoisotopic (exact) mass is 423 g/mol. The molecule has 0 aliphatic heterocycles. The van der Waals surface area contributed by atoms with Crippen LogP contribution in [0.5, 0.6) is 0 Å². The topological polar surface area (TPSA) is 46.9 Å². The molecular weight excluding hydrogens is 394 g/mol. The van der Waals surface area contributed by atoms with Crippen LogP contribution in [-0.4, -0.2) is 21.7 Å². The highest BCUT2D eigenvalue weighted by molar-refractivity contribution is 6.32. The Balaban J connectivity index is 1.47. The number of hydrogen-bond acceptors (Lipinski definition) is 2. The number of rotatable bonds is 3. The van der Waals surface area contributed by atoms with E-state index in [2.05, 4.69) is 5.32 Å². The fraction of sp³-hybridized carbons (Fsp3) is 0.600. The second-order valence-electron chi connectivity index (χ2n) is 10.1. The van der Waals surface area contributed by atoms with Crippen molar-refractivity contribution in [3.05, 3.63) is 46.2 Å². The summed E-state index contributed by atoms with van der Waals surface area (Å²) in [4.78, 5) is 13.5. The van der Waals surface area contributed by atoms with Gasteiger partial charge in [0.1, 0.15) is 0 Å². The molecule has 1 N–H and O–H groups in total. The summed E-state index contributed by atoms with van der Waals surface area (Å²) in [6.07, 6.45) is 12.2. The quantitative estimate of drug-likeness (QED) is 0.660. The lowest BCUT2D eigenvalue weighted by Crippen LogP contribution is -2.37. The predicted molar refractivity (Wildman–Crippen MR) is 118 cm³/mol. The average molecular weight is 424 g/mol. The minimum atomic E-state index is 0.0326. The van der Waals surface area contributed by atoms with Gasteiger partial charge in [0.25, 0.3) is 5.91 Å². The minimum Gasteiger partial charge on any atom is -0.348 e. The van der Waals surface area contributed by atoms with E-state index in [1.54, 1.807) is 0 Å². The van der Waals surface area contributed by atoms with Crippen molar-refractivity contribution < 1.29 is 4.79 Å². The molecule has 158 valence electrons. The van der Waals surface area contributed by atoms with Crippen LogP contribution in [0.25, 0.3) is 5.69 Å². The van der Waals surface area contributed by atoms with Crippen molar-refractivity contribution in [2.24, 2.45) is 11.8 Å². The van der Waals surface area contributed by atoms with Crippen LogP contribution in [0.2, 0.25) is 5.02 Å². The molecule has 5 heteroatoms. The van der Waals surface area contributed by atoms with Gasteiger partial charge in [0.15, 0.2) is 5.69 Å². The van der Waals surface area contributed by atoms with Gasteiger partial charge in [-0.25, -0.2) is 4.68 Å². The Morgan fingerprint density at radius 3 is 2.40 bits per heavy atom. The number of aromatic nitrogens is 2. The maximum Gasteiger partial charge on any atom is 0.272 e. The van der Waals surface area contributed by atoms with Gasteiger partial charge in [-0.3, -0.25) is 4.79 Å². The molecule has 30 heavy (non-hydrogen) atoms. The third kappa shape index (κ3) is 3.10. The van der Waals surface area contributed by atoms with Gasteiger partial charge in [-0.2, -0.15) is 5.10 Å². The van der Waals surface area contributed by atoms with Crippen molar-refractivity contribution in [1.29, 1.82) is 0 Å². The average Bonchev–Trinajstić information content (AvgIpc) is 3.06. The number of halogens is 1. The summed E-state index contributed by atoms with van der Waals surface area (Å²) < 4.78 is 2.04. The number of para-hydroxylation sites is 1. The van der Waals surface area contributed by atoms with E-state index in [9.17, 15) is 4.79 Å². The lowest BCUT2D eigenvalue weighted by molar-refractivity contribution is 0.0919. The van der Waals surface area contributed by atoms with Crippen LogP contribution in [0, 0.1) is 11.8 Å². The first-order valence-electron chi connectivity index (χ1n) is 11.9. The molecule has 1 amide bonds. The summed E-state index contributed by atoms with van der Waals surface area (Å²) >= 11 is 6.61. The molecule has 4 bridgehead atoms. The molecule has 1 heterocycles. The first-order valence-corrected chi connectivity index (χ1v) is 12.2. The van der Waals surface area contributed by atoms with Gasteiger partial charge in [-0.05, 0) is 74.8 Å². The highest BCUT2D eigenvalue weighted by atomic mass is 35.5. The van der Waals surface area contributed by atoms with Gasteiger partial charge >= 0.3 is 0 Å². The number of carbonyl (C=O) groups excluding carboxylic acids is 1.